The topological polar surface area (TPSA) is 42.0 Å². The van der Waals surface area contributed by atoms with Gasteiger partial charge >= 0.3 is 0 Å². The van der Waals surface area contributed by atoms with Crippen molar-refractivity contribution in [2.75, 3.05) is 46.0 Å². The van der Waals surface area contributed by atoms with E-state index in [9.17, 15) is 4.79 Å². The average molecular weight is 373 g/mol. The summed E-state index contributed by atoms with van der Waals surface area (Å²) in [6, 6.07) is 8.64. The van der Waals surface area contributed by atoms with Crippen LogP contribution in [-0.2, 0) is 20.8 Å². The van der Waals surface area contributed by atoms with Gasteiger partial charge in [-0.1, -0.05) is 24.3 Å². The van der Waals surface area contributed by atoms with Gasteiger partial charge in [-0.05, 0) is 43.2 Å². The summed E-state index contributed by atoms with van der Waals surface area (Å²) in [7, 11) is 0. The van der Waals surface area contributed by atoms with Crippen molar-refractivity contribution < 1.29 is 14.3 Å². The number of hydrogen-bond acceptors (Lipinski definition) is 4. The zero-order chi connectivity index (χ0) is 18.6. The molecule has 3 saturated heterocycles. The molecule has 0 N–H and O–H groups in total. The molecule has 0 spiro atoms. The molecule has 3 aliphatic heterocycles. The summed E-state index contributed by atoms with van der Waals surface area (Å²) in [5.74, 6) is 1.31. The first-order valence-electron chi connectivity index (χ1n) is 10.4. The van der Waals surface area contributed by atoms with E-state index in [-0.39, 0.29) is 12.5 Å². The Hall–Kier alpha value is -1.43. The van der Waals surface area contributed by atoms with E-state index < -0.39 is 0 Å². The Labute approximate surface area is 162 Å². The van der Waals surface area contributed by atoms with Crippen LogP contribution in [0, 0.1) is 18.8 Å². The molecule has 5 heteroatoms. The van der Waals surface area contributed by atoms with Crippen molar-refractivity contribution in [1.29, 1.82) is 0 Å². The monoisotopic (exact) mass is 372 g/mol. The highest BCUT2D eigenvalue weighted by molar-refractivity contribution is 5.77. The number of carbonyl (C=O) groups is 1. The standard InChI is InChI=1S/C22H32N2O3/c1-17-6-2-3-7-18(17)12-23-13-20-19(15-27-21(20)14-23)8-11-26-16-22(25)24-9-4-5-10-24/h2-3,6-7,19-21H,4-5,8-16H2,1H3/t19-,20-,21-/m0/s1. The van der Waals surface area contributed by atoms with E-state index in [0.717, 1.165) is 58.6 Å². The van der Waals surface area contributed by atoms with Gasteiger partial charge in [0.1, 0.15) is 6.61 Å². The Morgan fingerprint density at radius 2 is 2.04 bits per heavy atom. The molecular weight excluding hydrogens is 340 g/mol. The van der Waals surface area contributed by atoms with Crippen LogP contribution in [0.5, 0.6) is 0 Å². The second-order valence-corrected chi connectivity index (χ2v) is 8.35. The second-order valence-electron chi connectivity index (χ2n) is 8.35. The number of hydrogen-bond donors (Lipinski definition) is 0. The van der Waals surface area contributed by atoms with Crippen LogP contribution in [0.15, 0.2) is 24.3 Å². The summed E-state index contributed by atoms with van der Waals surface area (Å²) in [5, 5.41) is 0. The fourth-order valence-electron chi connectivity index (χ4n) is 4.79. The third-order valence-electron chi connectivity index (χ3n) is 6.49. The fourth-order valence-corrected chi connectivity index (χ4v) is 4.79. The molecule has 0 bridgehead atoms. The molecule has 3 atom stereocenters. The lowest BCUT2D eigenvalue weighted by Crippen LogP contribution is -2.31. The van der Waals surface area contributed by atoms with Crippen molar-refractivity contribution in [3.63, 3.8) is 0 Å². The highest BCUT2D eigenvalue weighted by Gasteiger charge is 2.43. The Morgan fingerprint density at radius 1 is 1.22 bits per heavy atom. The van der Waals surface area contributed by atoms with Crippen LogP contribution >= 0.6 is 0 Å². The smallest absolute Gasteiger partial charge is 0.248 e. The van der Waals surface area contributed by atoms with Crippen LogP contribution in [0.4, 0.5) is 0 Å². The van der Waals surface area contributed by atoms with Crippen LogP contribution < -0.4 is 0 Å². The number of likely N-dealkylation sites (tertiary alicyclic amines) is 2. The van der Waals surface area contributed by atoms with Gasteiger partial charge in [0.2, 0.25) is 5.91 Å². The predicted octanol–water partition coefficient (Wildman–Crippen LogP) is 2.47. The van der Waals surface area contributed by atoms with Crippen molar-refractivity contribution >= 4 is 5.91 Å². The molecule has 1 aromatic carbocycles. The van der Waals surface area contributed by atoms with E-state index in [1.165, 1.54) is 11.1 Å². The number of nitrogens with zero attached hydrogens (tertiary/aromatic N) is 2. The minimum Gasteiger partial charge on any atom is -0.376 e. The van der Waals surface area contributed by atoms with Crippen LogP contribution in [0.1, 0.15) is 30.4 Å². The Balaban J connectivity index is 1.20. The number of fused-ring (bicyclic) bond motifs is 1. The molecule has 0 aromatic heterocycles. The molecule has 3 fully saturated rings. The molecule has 4 rings (SSSR count). The van der Waals surface area contributed by atoms with Crippen molar-refractivity contribution in [2.45, 2.75) is 38.8 Å². The maximum absolute atomic E-state index is 12.0. The molecule has 0 saturated carbocycles. The highest BCUT2D eigenvalue weighted by Crippen LogP contribution is 2.36. The van der Waals surface area contributed by atoms with E-state index >= 15 is 0 Å². The number of aryl methyl sites for hydroxylation is 1. The summed E-state index contributed by atoms with van der Waals surface area (Å²) in [4.78, 5) is 16.5. The van der Waals surface area contributed by atoms with Crippen molar-refractivity contribution in [3.05, 3.63) is 35.4 Å². The van der Waals surface area contributed by atoms with E-state index in [0.29, 0.717) is 24.5 Å². The molecule has 0 aliphatic carbocycles. The van der Waals surface area contributed by atoms with Crippen LogP contribution in [0.3, 0.4) is 0 Å². The summed E-state index contributed by atoms with van der Waals surface area (Å²) in [5.41, 5.74) is 2.78. The Kier molecular flexibility index (Phi) is 6.11. The molecule has 27 heavy (non-hydrogen) atoms. The van der Waals surface area contributed by atoms with Crippen LogP contribution in [-0.4, -0.2) is 67.8 Å². The third-order valence-corrected chi connectivity index (χ3v) is 6.49. The van der Waals surface area contributed by atoms with Crippen molar-refractivity contribution in [3.8, 4) is 0 Å². The van der Waals surface area contributed by atoms with Gasteiger partial charge in [0, 0.05) is 45.2 Å². The largest absolute Gasteiger partial charge is 0.376 e. The average Bonchev–Trinajstić information content (AvgIpc) is 3.38. The van der Waals surface area contributed by atoms with Crippen LogP contribution in [0.25, 0.3) is 0 Å². The lowest BCUT2D eigenvalue weighted by Gasteiger charge is -2.20. The first kappa shape index (κ1) is 18.9. The van der Waals surface area contributed by atoms with Gasteiger partial charge in [-0.3, -0.25) is 9.69 Å². The fraction of sp³-hybridized carbons (Fsp3) is 0.682. The highest BCUT2D eigenvalue weighted by atomic mass is 16.5. The number of ether oxygens (including phenoxy) is 2. The van der Waals surface area contributed by atoms with E-state index in [2.05, 4.69) is 36.1 Å². The first-order chi connectivity index (χ1) is 13.2. The van der Waals surface area contributed by atoms with Gasteiger partial charge in [0.25, 0.3) is 0 Å². The number of amides is 1. The number of carbonyl (C=O) groups excluding carboxylic acids is 1. The van der Waals surface area contributed by atoms with Gasteiger partial charge in [0.15, 0.2) is 0 Å². The molecule has 1 amide bonds. The predicted molar refractivity (Wildman–Crippen MR) is 104 cm³/mol. The van der Waals surface area contributed by atoms with E-state index in [1.54, 1.807) is 0 Å². The molecule has 5 nitrogen and oxygen atoms in total. The zero-order valence-corrected chi connectivity index (χ0v) is 16.4. The number of rotatable bonds is 7. The molecule has 148 valence electrons. The normalized spacial score (nSPS) is 28.0. The first-order valence-corrected chi connectivity index (χ1v) is 10.4. The molecule has 0 radical (unpaired) electrons. The molecule has 3 heterocycles. The van der Waals surface area contributed by atoms with Gasteiger partial charge in [-0.2, -0.15) is 0 Å². The Bertz CT molecular complexity index is 644. The maximum Gasteiger partial charge on any atom is 0.248 e. The Morgan fingerprint density at radius 3 is 2.85 bits per heavy atom. The number of benzene rings is 1. The molecule has 3 aliphatic rings. The third kappa shape index (κ3) is 4.53. The summed E-state index contributed by atoms with van der Waals surface area (Å²) < 4.78 is 11.8. The molecule has 1 aromatic rings. The minimum absolute atomic E-state index is 0.151. The molecule has 0 unspecified atom stereocenters. The molecular formula is C22H32N2O3. The SMILES string of the molecule is Cc1ccccc1CN1C[C@H]2[C@@H](CCOCC(=O)N3CCCC3)CO[C@H]2C1. The lowest BCUT2D eigenvalue weighted by atomic mass is 9.91. The summed E-state index contributed by atoms with van der Waals surface area (Å²) >= 11 is 0. The van der Waals surface area contributed by atoms with E-state index in [4.69, 9.17) is 9.47 Å². The van der Waals surface area contributed by atoms with Crippen molar-refractivity contribution in [2.24, 2.45) is 11.8 Å². The quantitative estimate of drug-likeness (QED) is 0.690. The second kappa shape index (κ2) is 8.72. The van der Waals surface area contributed by atoms with Gasteiger partial charge in [-0.15, -0.1) is 0 Å². The van der Waals surface area contributed by atoms with Gasteiger partial charge in [0.05, 0.1) is 12.7 Å². The van der Waals surface area contributed by atoms with Crippen LogP contribution in [0.2, 0.25) is 0 Å². The van der Waals surface area contributed by atoms with E-state index in [1.807, 2.05) is 4.90 Å². The summed E-state index contributed by atoms with van der Waals surface area (Å²) in [6.07, 6.45) is 3.62. The van der Waals surface area contributed by atoms with Crippen molar-refractivity contribution in [1.82, 2.24) is 9.80 Å². The van der Waals surface area contributed by atoms with Gasteiger partial charge < -0.3 is 14.4 Å². The zero-order valence-electron chi connectivity index (χ0n) is 16.4. The minimum atomic E-state index is 0.151. The lowest BCUT2D eigenvalue weighted by molar-refractivity contribution is -0.135. The summed E-state index contributed by atoms with van der Waals surface area (Å²) in [6.45, 7) is 8.88. The van der Waals surface area contributed by atoms with Gasteiger partial charge in [-0.25, -0.2) is 0 Å². The maximum atomic E-state index is 12.0.